The van der Waals surface area contributed by atoms with Gasteiger partial charge in [0.05, 0.1) is 19.8 Å². The summed E-state index contributed by atoms with van der Waals surface area (Å²) in [4.78, 5) is 7.90. The maximum atomic E-state index is 13.9. The van der Waals surface area contributed by atoms with Crippen molar-refractivity contribution >= 4 is 0 Å². The number of benzene rings is 1. The summed E-state index contributed by atoms with van der Waals surface area (Å²) in [7, 11) is 2.80. The molecule has 0 fully saturated rings. The van der Waals surface area contributed by atoms with Gasteiger partial charge in [0, 0.05) is 12.4 Å². The number of hydrogen-bond donors (Lipinski definition) is 1. The molecule has 1 unspecified atom stereocenters. The fourth-order valence-corrected chi connectivity index (χ4v) is 1.78. The normalized spacial score (nSPS) is 12.0. The Hall–Kier alpha value is -2.21. The maximum absolute atomic E-state index is 13.9. The molecule has 0 aliphatic heterocycles. The first-order valence-corrected chi connectivity index (χ1v) is 5.54. The lowest BCUT2D eigenvalue weighted by Gasteiger charge is -2.16. The molecule has 2 aromatic rings. The van der Waals surface area contributed by atoms with Crippen molar-refractivity contribution < 1.29 is 19.0 Å². The summed E-state index contributed by atoms with van der Waals surface area (Å²) < 4.78 is 23.9. The Morgan fingerprint density at radius 1 is 1.16 bits per heavy atom. The molecule has 0 bridgehead atoms. The molecule has 1 N–H and O–H groups in total. The topological polar surface area (TPSA) is 64.5 Å². The minimum atomic E-state index is -1.32. The zero-order chi connectivity index (χ0) is 13.8. The highest BCUT2D eigenvalue weighted by Gasteiger charge is 2.24. The van der Waals surface area contributed by atoms with E-state index in [0.717, 1.165) is 0 Å². The minimum Gasteiger partial charge on any atom is -0.496 e. The summed E-state index contributed by atoms with van der Waals surface area (Å²) >= 11 is 0. The molecule has 1 atom stereocenters. The largest absolute Gasteiger partial charge is 0.496 e. The molecular formula is C13H13FN2O3. The second-order valence-corrected chi connectivity index (χ2v) is 3.71. The third-order valence-corrected chi connectivity index (χ3v) is 2.65. The molecule has 0 spiro atoms. The Kier molecular flexibility index (Phi) is 3.91. The van der Waals surface area contributed by atoms with Crippen molar-refractivity contribution in [1.29, 1.82) is 0 Å². The smallest absolute Gasteiger partial charge is 0.238 e. The summed E-state index contributed by atoms with van der Waals surface area (Å²) in [6.07, 6.45) is 1.50. The van der Waals surface area contributed by atoms with Gasteiger partial charge in [-0.2, -0.15) is 0 Å². The first kappa shape index (κ1) is 13.2. The van der Waals surface area contributed by atoms with Crippen LogP contribution in [-0.4, -0.2) is 29.3 Å². The molecule has 0 saturated heterocycles. The van der Waals surface area contributed by atoms with Crippen LogP contribution < -0.4 is 9.47 Å². The van der Waals surface area contributed by atoms with Crippen LogP contribution in [0.1, 0.15) is 17.4 Å². The van der Waals surface area contributed by atoms with Crippen molar-refractivity contribution in [3.05, 3.63) is 47.7 Å². The van der Waals surface area contributed by atoms with Gasteiger partial charge in [-0.25, -0.2) is 9.37 Å². The van der Waals surface area contributed by atoms with E-state index in [2.05, 4.69) is 9.97 Å². The first-order chi connectivity index (χ1) is 9.19. The lowest BCUT2D eigenvalue weighted by atomic mass is 10.0. The van der Waals surface area contributed by atoms with Crippen LogP contribution in [-0.2, 0) is 0 Å². The molecule has 100 valence electrons. The zero-order valence-corrected chi connectivity index (χ0v) is 10.5. The highest BCUT2D eigenvalue weighted by atomic mass is 19.1. The van der Waals surface area contributed by atoms with Crippen molar-refractivity contribution in [3.63, 3.8) is 0 Å². The highest BCUT2D eigenvalue weighted by Crippen LogP contribution is 2.33. The summed E-state index contributed by atoms with van der Waals surface area (Å²) in [5.74, 6) is -0.208. The second-order valence-electron chi connectivity index (χ2n) is 3.71. The standard InChI is InChI=1S/C13H13FN2O3/c1-18-9-5-3-4-8(14)10(9)12(17)11-13(19-2)16-7-6-15-11/h3-7,12,17H,1-2H3. The van der Waals surface area contributed by atoms with Crippen LogP contribution >= 0.6 is 0 Å². The molecule has 0 saturated carbocycles. The van der Waals surface area contributed by atoms with E-state index in [-0.39, 0.29) is 22.9 Å². The van der Waals surface area contributed by atoms with Gasteiger partial charge in [-0.05, 0) is 12.1 Å². The van der Waals surface area contributed by atoms with Gasteiger partial charge < -0.3 is 14.6 Å². The van der Waals surface area contributed by atoms with Crippen molar-refractivity contribution in [2.75, 3.05) is 14.2 Å². The number of rotatable bonds is 4. The molecule has 6 heteroatoms. The summed E-state index contributed by atoms with van der Waals surface area (Å²) in [6.45, 7) is 0. The van der Waals surface area contributed by atoms with E-state index in [4.69, 9.17) is 9.47 Å². The Balaban J connectivity index is 2.52. The molecule has 1 heterocycles. The molecule has 1 aromatic heterocycles. The molecule has 0 aliphatic carbocycles. The monoisotopic (exact) mass is 264 g/mol. The quantitative estimate of drug-likeness (QED) is 0.910. The third kappa shape index (κ3) is 2.48. The van der Waals surface area contributed by atoms with Crippen LogP contribution in [0.25, 0.3) is 0 Å². The van der Waals surface area contributed by atoms with Crippen molar-refractivity contribution in [2.45, 2.75) is 6.10 Å². The van der Waals surface area contributed by atoms with Gasteiger partial charge in [0.1, 0.15) is 23.4 Å². The Bertz CT molecular complexity index is 578. The maximum Gasteiger partial charge on any atom is 0.238 e. The van der Waals surface area contributed by atoms with Crippen LogP contribution in [0.4, 0.5) is 4.39 Å². The highest BCUT2D eigenvalue weighted by molar-refractivity contribution is 5.41. The lowest BCUT2D eigenvalue weighted by molar-refractivity contribution is 0.197. The van der Waals surface area contributed by atoms with Crippen molar-refractivity contribution in [1.82, 2.24) is 9.97 Å². The van der Waals surface area contributed by atoms with Crippen LogP contribution in [0.15, 0.2) is 30.6 Å². The predicted octanol–water partition coefficient (Wildman–Crippen LogP) is 1.71. The number of nitrogens with zero attached hydrogens (tertiary/aromatic N) is 2. The Morgan fingerprint density at radius 3 is 2.58 bits per heavy atom. The second kappa shape index (κ2) is 5.62. The third-order valence-electron chi connectivity index (χ3n) is 2.65. The molecular weight excluding hydrogens is 251 g/mol. The molecule has 1 aromatic carbocycles. The van der Waals surface area contributed by atoms with Gasteiger partial charge in [-0.1, -0.05) is 6.07 Å². The zero-order valence-electron chi connectivity index (χ0n) is 10.5. The van der Waals surface area contributed by atoms with Crippen LogP contribution in [0.5, 0.6) is 11.6 Å². The molecule has 19 heavy (non-hydrogen) atoms. The average Bonchev–Trinajstić information content (AvgIpc) is 2.46. The minimum absolute atomic E-state index is 0.00352. The molecule has 0 radical (unpaired) electrons. The molecule has 0 amide bonds. The van der Waals surface area contributed by atoms with E-state index in [0.29, 0.717) is 0 Å². The number of hydrogen-bond acceptors (Lipinski definition) is 5. The van der Waals surface area contributed by atoms with Crippen LogP contribution in [0, 0.1) is 5.82 Å². The van der Waals surface area contributed by atoms with E-state index in [1.54, 1.807) is 6.07 Å². The van der Waals surface area contributed by atoms with E-state index in [1.165, 1.54) is 38.7 Å². The Labute approximate surface area is 109 Å². The SMILES string of the molecule is COc1cccc(F)c1C(O)c1nccnc1OC. The fourth-order valence-electron chi connectivity index (χ4n) is 1.78. The summed E-state index contributed by atoms with van der Waals surface area (Å²) in [5.41, 5.74) is 0.136. The fraction of sp³-hybridized carbons (Fsp3) is 0.231. The number of aliphatic hydroxyl groups excluding tert-OH is 1. The Morgan fingerprint density at radius 2 is 1.89 bits per heavy atom. The van der Waals surface area contributed by atoms with Crippen LogP contribution in [0.3, 0.4) is 0 Å². The van der Waals surface area contributed by atoms with Gasteiger partial charge in [-0.3, -0.25) is 4.98 Å². The van der Waals surface area contributed by atoms with E-state index in [9.17, 15) is 9.50 Å². The number of ether oxygens (including phenoxy) is 2. The van der Waals surface area contributed by atoms with E-state index in [1.807, 2.05) is 0 Å². The number of aromatic nitrogens is 2. The molecule has 5 nitrogen and oxygen atoms in total. The molecule has 0 aliphatic rings. The van der Waals surface area contributed by atoms with Gasteiger partial charge in [0.2, 0.25) is 5.88 Å². The van der Waals surface area contributed by atoms with Crippen LogP contribution in [0.2, 0.25) is 0 Å². The van der Waals surface area contributed by atoms with E-state index >= 15 is 0 Å². The van der Waals surface area contributed by atoms with Crippen molar-refractivity contribution in [2.24, 2.45) is 0 Å². The molecule has 2 rings (SSSR count). The van der Waals surface area contributed by atoms with Gasteiger partial charge >= 0.3 is 0 Å². The first-order valence-electron chi connectivity index (χ1n) is 5.54. The average molecular weight is 264 g/mol. The summed E-state index contributed by atoms with van der Waals surface area (Å²) in [6, 6.07) is 4.30. The van der Waals surface area contributed by atoms with Gasteiger partial charge in [0.15, 0.2) is 0 Å². The number of methoxy groups -OCH3 is 2. The lowest BCUT2D eigenvalue weighted by Crippen LogP contribution is -2.09. The van der Waals surface area contributed by atoms with Gasteiger partial charge in [0.25, 0.3) is 0 Å². The summed E-state index contributed by atoms with van der Waals surface area (Å²) in [5, 5.41) is 10.3. The van der Waals surface area contributed by atoms with Gasteiger partial charge in [-0.15, -0.1) is 0 Å². The number of halogens is 1. The number of aliphatic hydroxyl groups is 1. The predicted molar refractivity (Wildman–Crippen MR) is 65.6 cm³/mol. The van der Waals surface area contributed by atoms with Crippen molar-refractivity contribution in [3.8, 4) is 11.6 Å². The van der Waals surface area contributed by atoms with E-state index < -0.39 is 11.9 Å².